The topological polar surface area (TPSA) is 46.2 Å². The first-order valence-electron chi connectivity index (χ1n) is 13.1. The van der Waals surface area contributed by atoms with Gasteiger partial charge in [-0.15, -0.1) is 0 Å². The molecule has 10 atom stereocenters. The Bertz CT molecular complexity index is 575. The summed E-state index contributed by atoms with van der Waals surface area (Å²) in [6.07, 6.45) is 14.3. The van der Waals surface area contributed by atoms with E-state index >= 15 is 0 Å². The first-order valence-corrected chi connectivity index (χ1v) is 13.1. The minimum atomic E-state index is -0.128. The molecule has 0 saturated heterocycles. The Labute approximate surface area is 180 Å². The van der Waals surface area contributed by atoms with Gasteiger partial charge in [0, 0.05) is 11.5 Å². The maximum atomic E-state index is 11.2. The van der Waals surface area contributed by atoms with Crippen molar-refractivity contribution >= 4 is 0 Å². The molecule has 3 N–H and O–H groups in total. The number of aliphatic hydroxyl groups excluding tert-OH is 1. The highest BCUT2D eigenvalue weighted by Crippen LogP contribution is 2.68. The van der Waals surface area contributed by atoms with Crippen LogP contribution in [0.2, 0.25) is 0 Å². The average Bonchev–Trinajstić information content (AvgIpc) is 3.00. The third-order valence-electron chi connectivity index (χ3n) is 11.0. The number of aliphatic hydroxyl groups is 1. The van der Waals surface area contributed by atoms with Crippen molar-refractivity contribution in [3.8, 4) is 0 Å². The molecule has 4 aliphatic carbocycles. The average molecular weight is 404 g/mol. The standard InChI is InChI=1S/C27H49NO/c1-17(2)8-6-9-18(3)20-12-13-21-19-16-24(28)23-10-7-11-25(29)27(23,5)22(19)14-15-26(20,21)4/h17-25,29H,6-16,28H2,1-5H3/t18-,19+,20-,21+,22+,23?,24?,25?,26-,27-/m1/s1. The van der Waals surface area contributed by atoms with Gasteiger partial charge < -0.3 is 10.8 Å². The maximum Gasteiger partial charge on any atom is 0.0599 e. The lowest BCUT2D eigenvalue weighted by atomic mass is 9.43. The van der Waals surface area contributed by atoms with Gasteiger partial charge in [0.2, 0.25) is 0 Å². The number of nitrogens with two attached hydrogens (primary N) is 1. The molecule has 168 valence electrons. The van der Waals surface area contributed by atoms with E-state index in [4.69, 9.17) is 5.73 Å². The van der Waals surface area contributed by atoms with E-state index in [-0.39, 0.29) is 11.5 Å². The second-order valence-electron chi connectivity index (χ2n) is 12.7. The Hall–Kier alpha value is -0.0800. The van der Waals surface area contributed by atoms with Crippen molar-refractivity contribution in [1.82, 2.24) is 0 Å². The monoisotopic (exact) mass is 403 g/mol. The minimum absolute atomic E-state index is 0.0723. The van der Waals surface area contributed by atoms with E-state index in [0.717, 1.165) is 36.0 Å². The molecule has 3 unspecified atom stereocenters. The molecule has 2 nitrogen and oxygen atoms in total. The van der Waals surface area contributed by atoms with Gasteiger partial charge >= 0.3 is 0 Å². The molecule has 4 saturated carbocycles. The fourth-order valence-corrected chi connectivity index (χ4v) is 9.49. The highest BCUT2D eigenvalue weighted by Gasteiger charge is 2.63. The van der Waals surface area contributed by atoms with Gasteiger partial charge in [-0.1, -0.05) is 60.3 Å². The van der Waals surface area contributed by atoms with Crippen molar-refractivity contribution in [3.05, 3.63) is 0 Å². The van der Waals surface area contributed by atoms with Gasteiger partial charge in [-0.05, 0) is 91.8 Å². The van der Waals surface area contributed by atoms with E-state index in [1.807, 2.05) is 0 Å². The molecule has 29 heavy (non-hydrogen) atoms. The molecule has 0 amide bonds. The van der Waals surface area contributed by atoms with Crippen molar-refractivity contribution in [2.75, 3.05) is 0 Å². The summed E-state index contributed by atoms with van der Waals surface area (Å²) in [4.78, 5) is 0. The van der Waals surface area contributed by atoms with E-state index in [2.05, 4.69) is 34.6 Å². The fourth-order valence-electron chi connectivity index (χ4n) is 9.49. The smallest absolute Gasteiger partial charge is 0.0599 e. The lowest BCUT2D eigenvalue weighted by Crippen LogP contribution is -2.63. The summed E-state index contributed by atoms with van der Waals surface area (Å²) in [5.41, 5.74) is 7.43. The number of fused-ring (bicyclic) bond motifs is 5. The van der Waals surface area contributed by atoms with Crippen molar-refractivity contribution < 1.29 is 5.11 Å². The predicted molar refractivity (Wildman–Crippen MR) is 122 cm³/mol. The highest BCUT2D eigenvalue weighted by atomic mass is 16.3. The molecule has 0 heterocycles. The number of hydrogen-bond acceptors (Lipinski definition) is 2. The van der Waals surface area contributed by atoms with E-state index in [0.29, 0.717) is 23.3 Å². The van der Waals surface area contributed by atoms with Crippen molar-refractivity contribution in [2.45, 2.75) is 117 Å². The summed E-state index contributed by atoms with van der Waals surface area (Å²) in [6.45, 7) is 12.4. The van der Waals surface area contributed by atoms with Crippen LogP contribution in [0, 0.1) is 52.3 Å². The van der Waals surface area contributed by atoms with Crippen LogP contribution in [-0.4, -0.2) is 17.3 Å². The Kier molecular flexibility index (Phi) is 6.19. The molecule has 0 aliphatic heterocycles. The zero-order valence-electron chi connectivity index (χ0n) is 20.0. The van der Waals surface area contributed by atoms with Crippen LogP contribution in [0.1, 0.15) is 105 Å². The number of hydrogen-bond donors (Lipinski definition) is 2. The third kappa shape index (κ3) is 3.53. The first kappa shape index (κ1) is 22.1. The minimum Gasteiger partial charge on any atom is -0.393 e. The quantitative estimate of drug-likeness (QED) is 0.557. The highest BCUT2D eigenvalue weighted by molar-refractivity contribution is 5.13. The van der Waals surface area contributed by atoms with Crippen LogP contribution >= 0.6 is 0 Å². The summed E-state index contributed by atoms with van der Waals surface area (Å²) in [5.74, 6) is 5.45. The molecule has 4 fully saturated rings. The Morgan fingerprint density at radius 1 is 0.931 bits per heavy atom. The molecule has 4 aliphatic rings. The van der Waals surface area contributed by atoms with E-state index in [1.54, 1.807) is 0 Å². The third-order valence-corrected chi connectivity index (χ3v) is 11.0. The van der Waals surface area contributed by atoms with Crippen LogP contribution in [0.5, 0.6) is 0 Å². The summed E-state index contributed by atoms with van der Waals surface area (Å²) in [7, 11) is 0. The molecule has 0 aromatic carbocycles. The molecule has 0 spiro atoms. The van der Waals surface area contributed by atoms with Crippen LogP contribution < -0.4 is 5.73 Å². The second-order valence-corrected chi connectivity index (χ2v) is 12.7. The van der Waals surface area contributed by atoms with Crippen LogP contribution in [-0.2, 0) is 0 Å². The molecule has 2 heteroatoms. The van der Waals surface area contributed by atoms with Crippen LogP contribution in [0.4, 0.5) is 0 Å². The van der Waals surface area contributed by atoms with Gasteiger partial charge in [-0.2, -0.15) is 0 Å². The Balaban J connectivity index is 1.52. The second kappa shape index (κ2) is 8.12. The predicted octanol–water partition coefficient (Wildman–Crippen LogP) is 6.41. The Morgan fingerprint density at radius 3 is 2.41 bits per heavy atom. The summed E-state index contributed by atoms with van der Waals surface area (Å²) in [5, 5.41) is 11.2. The molecular weight excluding hydrogens is 354 g/mol. The molecule has 0 bridgehead atoms. The maximum absolute atomic E-state index is 11.2. The molecule has 4 rings (SSSR count). The molecular formula is C27H49NO. The van der Waals surface area contributed by atoms with Crippen LogP contribution in [0.25, 0.3) is 0 Å². The van der Waals surface area contributed by atoms with Gasteiger partial charge in [0.1, 0.15) is 0 Å². The summed E-state index contributed by atoms with van der Waals surface area (Å²) < 4.78 is 0. The largest absolute Gasteiger partial charge is 0.393 e. The zero-order valence-corrected chi connectivity index (χ0v) is 20.0. The fraction of sp³-hybridized carbons (Fsp3) is 1.00. The SMILES string of the molecule is CC(C)CCC[C@@H](C)[C@H]1CC[C@H]2[C@@H]3CC(N)C4CCCC(O)[C@]4(C)[C@H]3CC[C@]12C. The summed E-state index contributed by atoms with van der Waals surface area (Å²) in [6, 6.07) is 0.307. The van der Waals surface area contributed by atoms with E-state index in [9.17, 15) is 5.11 Å². The van der Waals surface area contributed by atoms with Crippen LogP contribution in [0.3, 0.4) is 0 Å². The Morgan fingerprint density at radius 2 is 1.69 bits per heavy atom. The van der Waals surface area contributed by atoms with Crippen molar-refractivity contribution in [1.29, 1.82) is 0 Å². The molecule has 0 aromatic heterocycles. The number of rotatable bonds is 5. The normalized spacial score (nSPS) is 50.7. The zero-order chi connectivity index (χ0) is 21.0. The van der Waals surface area contributed by atoms with E-state index in [1.165, 1.54) is 64.2 Å². The van der Waals surface area contributed by atoms with Crippen LogP contribution in [0.15, 0.2) is 0 Å². The van der Waals surface area contributed by atoms with Gasteiger partial charge in [0.05, 0.1) is 6.10 Å². The van der Waals surface area contributed by atoms with E-state index < -0.39 is 0 Å². The van der Waals surface area contributed by atoms with Gasteiger partial charge in [-0.3, -0.25) is 0 Å². The van der Waals surface area contributed by atoms with Gasteiger partial charge in [-0.25, -0.2) is 0 Å². The van der Waals surface area contributed by atoms with Crippen molar-refractivity contribution in [2.24, 2.45) is 58.0 Å². The van der Waals surface area contributed by atoms with Gasteiger partial charge in [0.25, 0.3) is 0 Å². The van der Waals surface area contributed by atoms with Gasteiger partial charge in [0.15, 0.2) is 0 Å². The summed E-state index contributed by atoms with van der Waals surface area (Å²) >= 11 is 0. The molecule has 0 aromatic rings. The lowest BCUT2D eigenvalue weighted by Gasteiger charge is -2.63. The lowest BCUT2D eigenvalue weighted by molar-refractivity contribution is -0.170. The molecule has 0 radical (unpaired) electrons. The first-order chi connectivity index (χ1) is 13.7. The van der Waals surface area contributed by atoms with Crippen molar-refractivity contribution in [3.63, 3.8) is 0 Å².